The predicted octanol–water partition coefficient (Wildman–Crippen LogP) is 1.73. The highest BCUT2D eigenvalue weighted by Gasteiger charge is 2.21. The first-order chi connectivity index (χ1) is 11.8. The summed E-state index contributed by atoms with van der Waals surface area (Å²) < 4.78 is 5.20. The number of hydrogen-bond acceptors (Lipinski definition) is 2. The summed E-state index contributed by atoms with van der Waals surface area (Å²) in [6, 6.07) is 14.0. The van der Waals surface area contributed by atoms with Gasteiger partial charge in [0.15, 0.2) is 0 Å². The monoisotopic (exact) mass is 323 g/mol. The summed E-state index contributed by atoms with van der Waals surface area (Å²) >= 11 is 0. The molecule has 2 heterocycles. The van der Waals surface area contributed by atoms with Gasteiger partial charge in [0.2, 0.25) is 5.91 Å². The third-order valence-corrected chi connectivity index (χ3v) is 4.23. The molecule has 0 unspecified atom stereocenters. The molecule has 0 radical (unpaired) electrons. The van der Waals surface area contributed by atoms with Gasteiger partial charge < -0.3 is 14.2 Å². The van der Waals surface area contributed by atoms with Crippen molar-refractivity contribution >= 4 is 18.1 Å². The largest absolute Gasteiger partial charge is 0.465 e. The molecule has 124 valence electrons. The summed E-state index contributed by atoms with van der Waals surface area (Å²) in [5.41, 5.74) is 1.23. The third-order valence-electron chi connectivity index (χ3n) is 4.23. The fourth-order valence-electron chi connectivity index (χ4n) is 2.82. The van der Waals surface area contributed by atoms with Crippen molar-refractivity contribution < 1.29 is 14.1 Å². The summed E-state index contributed by atoms with van der Waals surface area (Å²) in [7, 11) is 0. The summed E-state index contributed by atoms with van der Waals surface area (Å²) in [4.78, 5) is 15.6. The molecule has 0 spiro atoms. The Balaban J connectivity index is 1.42. The molecule has 0 bridgehead atoms. The van der Waals surface area contributed by atoms with Crippen LogP contribution in [0.3, 0.4) is 0 Å². The Morgan fingerprint density at radius 3 is 2.58 bits per heavy atom. The second-order valence-corrected chi connectivity index (χ2v) is 5.94. The van der Waals surface area contributed by atoms with Crippen molar-refractivity contribution in [2.24, 2.45) is 0 Å². The van der Waals surface area contributed by atoms with Crippen LogP contribution in [0.4, 0.5) is 0 Å². The number of nitrogens with one attached hydrogen (secondary N) is 1. The van der Waals surface area contributed by atoms with Crippen LogP contribution in [-0.4, -0.2) is 43.5 Å². The molecule has 1 aliphatic rings. The second-order valence-electron chi connectivity index (χ2n) is 5.94. The molecule has 1 fully saturated rings. The van der Waals surface area contributed by atoms with E-state index < -0.39 is 0 Å². The van der Waals surface area contributed by atoms with Crippen LogP contribution in [0.25, 0.3) is 12.2 Å². The SMILES string of the molecule is O=C(C=Cc1ccco1)N1CC[NH+](CC=Cc2ccccc2)CC1. The zero-order valence-corrected chi connectivity index (χ0v) is 13.7. The number of benzene rings is 1. The molecule has 1 aromatic heterocycles. The van der Waals surface area contributed by atoms with Gasteiger partial charge in [0.1, 0.15) is 5.76 Å². The average molecular weight is 323 g/mol. The Labute approximate surface area is 142 Å². The minimum absolute atomic E-state index is 0.0604. The summed E-state index contributed by atoms with van der Waals surface area (Å²) in [6.45, 7) is 4.57. The molecule has 2 aromatic rings. The molecule has 1 aliphatic heterocycles. The molecule has 4 nitrogen and oxygen atoms in total. The third kappa shape index (κ3) is 4.70. The fourth-order valence-corrected chi connectivity index (χ4v) is 2.82. The van der Waals surface area contributed by atoms with Crippen molar-refractivity contribution in [2.75, 3.05) is 32.7 Å². The number of hydrogen-bond donors (Lipinski definition) is 1. The first kappa shape index (κ1) is 16.3. The van der Waals surface area contributed by atoms with Gasteiger partial charge in [-0.2, -0.15) is 0 Å². The van der Waals surface area contributed by atoms with E-state index in [1.54, 1.807) is 18.4 Å². The van der Waals surface area contributed by atoms with Gasteiger partial charge in [0.05, 0.1) is 39.0 Å². The van der Waals surface area contributed by atoms with E-state index in [4.69, 9.17) is 4.42 Å². The molecule has 3 rings (SSSR count). The van der Waals surface area contributed by atoms with E-state index in [1.165, 1.54) is 10.5 Å². The first-order valence-electron chi connectivity index (χ1n) is 8.37. The van der Waals surface area contributed by atoms with Gasteiger partial charge >= 0.3 is 0 Å². The molecule has 1 aromatic carbocycles. The lowest BCUT2D eigenvalue weighted by atomic mass is 10.2. The van der Waals surface area contributed by atoms with Crippen LogP contribution in [0.2, 0.25) is 0 Å². The lowest BCUT2D eigenvalue weighted by Crippen LogP contribution is -3.14. The Morgan fingerprint density at radius 2 is 1.88 bits per heavy atom. The van der Waals surface area contributed by atoms with Gasteiger partial charge in [-0.3, -0.25) is 4.79 Å². The van der Waals surface area contributed by atoms with Crippen molar-refractivity contribution in [3.05, 3.63) is 72.2 Å². The second kappa shape index (κ2) is 8.31. The van der Waals surface area contributed by atoms with E-state index in [-0.39, 0.29) is 5.91 Å². The molecule has 1 saturated heterocycles. The summed E-state index contributed by atoms with van der Waals surface area (Å²) in [6.07, 6.45) is 9.31. The minimum Gasteiger partial charge on any atom is -0.465 e. The van der Waals surface area contributed by atoms with Gasteiger partial charge in [0.25, 0.3) is 0 Å². The lowest BCUT2D eigenvalue weighted by molar-refractivity contribution is -0.898. The summed E-state index contributed by atoms with van der Waals surface area (Å²) in [5, 5.41) is 0. The van der Waals surface area contributed by atoms with Crippen molar-refractivity contribution in [2.45, 2.75) is 0 Å². The lowest BCUT2D eigenvalue weighted by Gasteiger charge is -2.31. The van der Waals surface area contributed by atoms with Crippen LogP contribution in [0.5, 0.6) is 0 Å². The maximum atomic E-state index is 12.2. The average Bonchev–Trinajstić information content (AvgIpc) is 3.15. The van der Waals surface area contributed by atoms with Crippen LogP contribution in [0, 0.1) is 0 Å². The standard InChI is InChI=1S/C20H22N2O2/c23-20(11-10-19-9-5-17-24-19)22-15-13-21(14-16-22)12-4-8-18-6-2-1-3-7-18/h1-11,17H,12-16H2/p+1. The molecule has 4 heteroatoms. The van der Waals surface area contributed by atoms with E-state index in [1.807, 2.05) is 35.2 Å². The van der Waals surface area contributed by atoms with Crippen LogP contribution >= 0.6 is 0 Å². The van der Waals surface area contributed by atoms with Crippen LogP contribution in [0.1, 0.15) is 11.3 Å². The van der Waals surface area contributed by atoms with Crippen LogP contribution < -0.4 is 4.90 Å². The number of furan rings is 1. The maximum Gasteiger partial charge on any atom is 0.247 e. The van der Waals surface area contributed by atoms with Gasteiger partial charge in [-0.05, 0) is 29.8 Å². The van der Waals surface area contributed by atoms with Crippen molar-refractivity contribution in [1.29, 1.82) is 0 Å². The Bertz CT molecular complexity index is 682. The molecule has 1 N–H and O–H groups in total. The number of quaternary nitrogens is 1. The quantitative estimate of drug-likeness (QED) is 0.851. The predicted molar refractivity (Wildman–Crippen MR) is 95.4 cm³/mol. The Kier molecular flexibility index (Phi) is 5.64. The molecule has 0 aliphatic carbocycles. The van der Waals surface area contributed by atoms with Gasteiger partial charge in [-0.1, -0.05) is 36.4 Å². The van der Waals surface area contributed by atoms with Crippen molar-refractivity contribution in [3.8, 4) is 0 Å². The van der Waals surface area contributed by atoms with Gasteiger partial charge in [-0.25, -0.2) is 0 Å². The normalized spacial score (nSPS) is 16.2. The van der Waals surface area contributed by atoms with Crippen molar-refractivity contribution in [3.63, 3.8) is 0 Å². The van der Waals surface area contributed by atoms with Gasteiger partial charge in [0, 0.05) is 6.08 Å². The van der Waals surface area contributed by atoms with Crippen LogP contribution in [-0.2, 0) is 4.79 Å². The van der Waals surface area contributed by atoms with Gasteiger partial charge in [-0.15, -0.1) is 0 Å². The maximum absolute atomic E-state index is 12.2. The van der Waals surface area contributed by atoms with Crippen molar-refractivity contribution in [1.82, 2.24) is 4.90 Å². The first-order valence-corrected chi connectivity index (χ1v) is 8.37. The Hall–Kier alpha value is -2.59. The number of carbonyl (C=O) groups is 1. The molecular weight excluding hydrogens is 300 g/mol. The minimum atomic E-state index is 0.0604. The number of carbonyl (C=O) groups excluding carboxylic acids is 1. The van der Waals surface area contributed by atoms with E-state index in [9.17, 15) is 4.79 Å². The molecular formula is C20H23N2O2+. The van der Waals surface area contributed by atoms with E-state index in [2.05, 4.69) is 24.3 Å². The van der Waals surface area contributed by atoms with E-state index in [0.29, 0.717) is 5.76 Å². The molecule has 0 atom stereocenters. The van der Waals surface area contributed by atoms with E-state index in [0.717, 1.165) is 32.7 Å². The fraction of sp³-hybridized carbons (Fsp3) is 0.250. The molecule has 0 saturated carbocycles. The highest BCUT2D eigenvalue weighted by Crippen LogP contribution is 2.03. The summed E-state index contributed by atoms with van der Waals surface area (Å²) in [5.74, 6) is 0.768. The smallest absolute Gasteiger partial charge is 0.247 e. The zero-order chi connectivity index (χ0) is 16.6. The highest BCUT2D eigenvalue weighted by atomic mass is 16.3. The number of piperazine rings is 1. The molecule has 1 amide bonds. The topological polar surface area (TPSA) is 37.9 Å². The zero-order valence-electron chi connectivity index (χ0n) is 13.7. The number of amides is 1. The highest BCUT2D eigenvalue weighted by molar-refractivity contribution is 5.91. The number of rotatable bonds is 5. The number of nitrogens with zero attached hydrogens (tertiary/aromatic N) is 1. The molecule has 24 heavy (non-hydrogen) atoms. The van der Waals surface area contributed by atoms with Crippen LogP contribution in [0.15, 0.2) is 65.3 Å². The van der Waals surface area contributed by atoms with E-state index >= 15 is 0 Å². The Morgan fingerprint density at radius 1 is 1.08 bits per heavy atom.